The molecule has 2 nitrogen and oxygen atoms in total. The van der Waals surface area contributed by atoms with Crippen LogP contribution in [0.1, 0.15) is 24.9 Å². The number of nitrogen functional groups attached to an aromatic ring is 1. The number of hydrogen-bond donors (Lipinski definition) is 2. The normalized spacial score (nSPS) is 13.4. The van der Waals surface area contributed by atoms with Gasteiger partial charge in [0.25, 0.3) is 0 Å². The van der Waals surface area contributed by atoms with E-state index >= 15 is 0 Å². The van der Waals surface area contributed by atoms with Crippen molar-refractivity contribution in [1.29, 1.82) is 0 Å². The summed E-state index contributed by atoms with van der Waals surface area (Å²) in [6.07, 6.45) is 0.945. The Bertz CT molecular complexity index is 207. The van der Waals surface area contributed by atoms with Gasteiger partial charge in [-0.3, -0.25) is 0 Å². The van der Waals surface area contributed by atoms with Crippen LogP contribution < -0.4 is 11.5 Å². The number of hydrogen-bond acceptors (Lipinski definition) is 3. The monoisotopic (exact) mass is 156 g/mol. The van der Waals surface area contributed by atoms with Gasteiger partial charge in [0, 0.05) is 22.7 Å². The summed E-state index contributed by atoms with van der Waals surface area (Å²) in [7, 11) is 0. The number of rotatable bonds is 2. The standard InChI is InChI=1S/C7H12N2S/c1-2-6(8)5-3-10-4-7(5)9/h3-4,6H,2,8-9H2,1H3/t6-/m1/s1. The fourth-order valence-corrected chi connectivity index (χ4v) is 1.65. The van der Waals surface area contributed by atoms with Crippen molar-refractivity contribution in [2.24, 2.45) is 5.73 Å². The van der Waals surface area contributed by atoms with Crippen LogP contribution >= 0.6 is 11.3 Å². The maximum Gasteiger partial charge on any atom is 0.0471 e. The minimum Gasteiger partial charge on any atom is -0.398 e. The van der Waals surface area contributed by atoms with Crippen molar-refractivity contribution in [3.8, 4) is 0 Å². The van der Waals surface area contributed by atoms with E-state index in [1.807, 2.05) is 10.8 Å². The van der Waals surface area contributed by atoms with Crippen LogP contribution in [0.5, 0.6) is 0 Å². The lowest BCUT2D eigenvalue weighted by molar-refractivity contribution is 0.703. The van der Waals surface area contributed by atoms with Gasteiger partial charge in [-0.05, 0) is 11.8 Å². The van der Waals surface area contributed by atoms with E-state index in [-0.39, 0.29) is 6.04 Å². The maximum absolute atomic E-state index is 5.77. The molecule has 1 rings (SSSR count). The summed E-state index contributed by atoms with van der Waals surface area (Å²) in [5.74, 6) is 0. The molecule has 0 aliphatic carbocycles. The number of thiophene rings is 1. The third-order valence-electron chi connectivity index (χ3n) is 1.56. The van der Waals surface area contributed by atoms with Crippen molar-refractivity contribution in [2.75, 3.05) is 5.73 Å². The summed E-state index contributed by atoms with van der Waals surface area (Å²) in [5.41, 5.74) is 13.3. The molecule has 1 heterocycles. The maximum atomic E-state index is 5.77. The fourth-order valence-electron chi connectivity index (χ4n) is 0.838. The van der Waals surface area contributed by atoms with Crippen LogP contribution in [0.3, 0.4) is 0 Å². The largest absolute Gasteiger partial charge is 0.398 e. The Morgan fingerprint density at radius 2 is 2.30 bits per heavy atom. The molecule has 1 aromatic rings. The second kappa shape index (κ2) is 3.03. The zero-order chi connectivity index (χ0) is 7.56. The first-order valence-electron chi connectivity index (χ1n) is 3.32. The van der Waals surface area contributed by atoms with E-state index in [0.29, 0.717) is 0 Å². The molecule has 10 heavy (non-hydrogen) atoms. The molecular weight excluding hydrogens is 144 g/mol. The summed E-state index contributed by atoms with van der Waals surface area (Å²) in [6, 6.07) is 0.117. The van der Waals surface area contributed by atoms with Crippen LogP contribution in [-0.2, 0) is 0 Å². The molecule has 0 aliphatic heterocycles. The van der Waals surface area contributed by atoms with Crippen LogP contribution in [0, 0.1) is 0 Å². The molecule has 0 spiro atoms. The van der Waals surface area contributed by atoms with Gasteiger partial charge in [-0.2, -0.15) is 0 Å². The summed E-state index contributed by atoms with van der Waals surface area (Å²) < 4.78 is 0. The molecule has 4 N–H and O–H groups in total. The predicted molar refractivity (Wildman–Crippen MR) is 46.0 cm³/mol. The lowest BCUT2D eigenvalue weighted by atomic mass is 10.1. The summed E-state index contributed by atoms with van der Waals surface area (Å²) >= 11 is 1.60. The van der Waals surface area contributed by atoms with Gasteiger partial charge in [0.1, 0.15) is 0 Å². The first-order chi connectivity index (χ1) is 4.75. The fraction of sp³-hybridized carbons (Fsp3) is 0.429. The van der Waals surface area contributed by atoms with E-state index in [1.54, 1.807) is 11.3 Å². The SMILES string of the molecule is CC[C@@H](N)c1cscc1N. The molecule has 1 aromatic heterocycles. The molecular formula is C7H12N2S. The van der Waals surface area contributed by atoms with E-state index < -0.39 is 0 Å². The minimum atomic E-state index is 0.117. The number of nitrogens with two attached hydrogens (primary N) is 2. The lowest BCUT2D eigenvalue weighted by Crippen LogP contribution is -2.09. The zero-order valence-electron chi connectivity index (χ0n) is 6.00. The molecule has 0 radical (unpaired) electrons. The molecule has 0 aliphatic rings. The van der Waals surface area contributed by atoms with Gasteiger partial charge in [0.05, 0.1) is 0 Å². The predicted octanol–water partition coefficient (Wildman–Crippen LogP) is 1.74. The molecule has 0 aromatic carbocycles. The third kappa shape index (κ3) is 1.30. The quantitative estimate of drug-likeness (QED) is 0.685. The van der Waals surface area contributed by atoms with Gasteiger partial charge >= 0.3 is 0 Å². The van der Waals surface area contributed by atoms with E-state index in [4.69, 9.17) is 11.5 Å². The van der Waals surface area contributed by atoms with Gasteiger partial charge in [-0.15, -0.1) is 11.3 Å². The van der Waals surface area contributed by atoms with Crippen LogP contribution in [0.2, 0.25) is 0 Å². The van der Waals surface area contributed by atoms with Crippen molar-refractivity contribution < 1.29 is 0 Å². The van der Waals surface area contributed by atoms with Crippen molar-refractivity contribution in [3.63, 3.8) is 0 Å². The Kier molecular flexibility index (Phi) is 2.29. The minimum absolute atomic E-state index is 0.117. The smallest absolute Gasteiger partial charge is 0.0471 e. The second-order valence-corrected chi connectivity index (χ2v) is 3.04. The number of anilines is 1. The first-order valence-corrected chi connectivity index (χ1v) is 4.27. The summed E-state index contributed by atoms with van der Waals surface area (Å²) in [6.45, 7) is 2.06. The highest BCUT2D eigenvalue weighted by Crippen LogP contribution is 2.24. The third-order valence-corrected chi connectivity index (χ3v) is 2.34. The second-order valence-electron chi connectivity index (χ2n) is 2.30. The van der Waals surface area contributed by atoms with Gasteiger partial charge < -0.3 is 11.5 Å². The van der Waals surface area contributed by atoms with Crippen molar-refractivity contribution >= 4 is 17.0 Å². The van der Waals surface area contributed by atoms with Crippen LogP contribution in [-0.4, -0.2) is 0 Å². The average Bonchev–Trinajstić information content (AvgIpc) is 2.34. The highest BCUT2D eigenvalue weighted by Gasteiger charge is 2.06. The van der Waals surface area contributed by atoms with Crippen molar-refractivity contribution in [2.45, 2.75) is 19.4 Å². The van der Waals surface area contributed by atoms with Gasteiger partial charge in [-0.25, -0.2) is 0 Å². The van der Waals surface area contributed by atoms with E-state index in [2.05, 4.69) is 6.92 Å². The molecule has 56 valence electrons. The van der Waals surface area contributed by atoms with Crippen molar-refractivity contribution in [3.05, 3.63) is 16.3 Å². The highest BCUT2D eigenvalue weighted by molar-refractivity contribution is 7.08. The molecule has 0 amide bonds. The Morgan fingerprint density at radius 1 is 1.60 bits per heavy atom. The van der Waals surface area contributed by atoms with E-state index in [1.165, 1.54) is 0 Å². The van der Waals surface area contributed by atoms with Crippen molar-refractivity contribution in [1.82, 2.24) is 0 Å². The van der Waals surface area contributed by atoms with Crippen LogP contribution in [0.25, 0.3) is 0 Å². The Labute approximate surface area is 64.8 Å². The molecule has 0 saturated heterocycles. The topological polar surface area (TPSA) is 52.0 Å². The molecule has 0 unspecified atom stereocenters. The summed E-state index contributed by atoms with van der Waals surface area (Å²) in [5, 5.41) is 3.94. The molecule has 0 bridgehead atoms. The van der Waals surface area contributed by atoms with Gasteiger partial charge in [0.2, 0.25) is 0 Å². The lowest BCUT2D eigenvalue weighted by Gasteiger charge is -2.06. The summed E-state index contributed by atoms with van der Waals surface area (Å²) in [4.78, 5) is 0. The molecule has 3 heteroatoms. The molecule has 1 atom stereocenters. The average molecular weight is 156 g/mol. The van der Waals surface area contributed by atoms with Gasteiger partial charge in [-0.1, -0.05) is 6.92 Å². The van der Waals surface area contributed by atoms with Crippen LogP contribution in [0.15, 0.2) is 10.8 Å². The zero-order valence-corrected chi connectivity index (χ0v) is 6.82. The van der Waals surface area contributed by atoms with Gasteiger partial charge in [0.15, 0.2) is 0 Å². The Morgan fingerprint density at radius 3 is 2.70 bits per heavy atom. The van der Waals surface area contributed by atoms with E-state index in [0.717, 1.165) is 17.7 Å². The Hall–Kier alpha value is -0.540. The van der Waals surface area contributed by atoms with Crippen LogP contribution in [0.4, 0.5) is 5.69 Å². The molecule has 0 saturated carbocycles. The van der Waals surface area contributed by atoms with E-state index in [9.17, 15) is 0 Å². The molecule has 0 fully saturated rings. The highest BCUT2D eigenvalue weighted by atomic mass is 32.1. The first kappa shape index (κ1) is 7.57. The Balaban J connectivity index is 2.82.